The van der Waals surface area contributed by atoms with Gasteiger partial charge in [-0.05, 0) is 44.2 Å². The number of hydrogen-bond acceptors (Lipinski definition) is 5. The maximum atomic E-state index is 12.5. The maximum absolute atomic E-state index is 12.5. The number of carbonyl (C=O) groups is 2. The van der Waals surface area contributed by atoms with E-state index in [1.807, 2.05) is 11.0 Å². The van der Waals surface area contributed by atoms with E-state index in [2.05, 4.69) is 17.1 Å². The molecule has 0 radical (unpaired) electrons. The molecule has 3 rings (SSSR count). The highest BCUT2D eigenvalue weighted by atomic mass is 32.1. The molecular weight excluding hydrogens is 350 g/mol. The minimum Gasteiger partial charge on any atom is -0.383 e. The van der Waals surface area contributed by atoms with Gasteiger partial charge in [-0.25, -0.2) is 0 Å². The highest BCUT2D eigenvalue weighted by Gasteiger charge is 2.26. The first kappa shape index (κ1) is 19.3. The molecule has 1 saturated heterocycles. The second-order valence-electron chi connectivity index (χ2n) is 7.17. The van der Waals surface area contributed by atoms with E-state index in [9.17, 15) is 9.59 Å². The Kier molecular flexibility index (Phi) is 6.67. The van der Waals surface area contributed by atoms with E-state index < -0.39 is 0 Å². The summed E-state index contributed by atoms with van der Waals surface area (Å²) in [6.45, 7) is 6.05. The number of piperazine rings is 1. The van der Waals surface area contributed by atoms with Crippen LogP contribution >= 0.6 is 11.3 Å². The summed E-state index contributed by atoms with van der Waals surface area (Å²) in [4.78, 5) is 31.1. The molecule has 1 atom stereocenters. The summed E-state index contributed by atoms with van der Waals surface area (Å²) in [5.74, 6) is -0.123. The van der Waals surface area contributed by atoms with Crippen LogP contribution in [0.25, 0.3) is 0 Å². The summed E-state index contributed by atoms with van der Waals surface area (Å²) < 4.78 is 5.14. The minimum absolute atomic E-state index is 0.00193. The number of fused-ring (bicyclic) bond motifs is 1. The fourth-order valence-electron chi connectivity index (χ4n) is 3.72. The molecule has 2 heterocycles. The second kappa shape index (κ2) is 8.97. The minimum atomic E-state index is -0.121. The van der Waals surface area contributed by atoms with Crippen molar-refractivity contribution in [1.82, 2.24) is 15.1 Å². The van der Waals surface area contributed by atoms with Crippen LogP contribution in [-0.4, -0.2) is 74.1 Å². The van der Waals surface area contributed by atoms with E-state index in [-0.39, 0.29) is 18.4 Å². The van der Waals surface area contributed by atoms with Crippen molar-refractivity contribution in [3.05, 3.63) is 21.4 Å². The molecule has 0 saturated carbocycles. The molecule has 0 aromatic carbocycles. The number of ether oxygens (including phenoxy) is 1. The molecule has 2 amide bonds. The standard InChI is InChI=1S/C19H29N3O3S/c1-14-13-22(8-7-21(14)9-10-25-2)18(23)12-20-19(24)17-11-15-5-3-4-6-16(15)26-17/h11,14H,3-10,12-13H2,1-2H3,(H,20,24). The van der Waals surface area contributed by atoms with Crippen LogP contribution in [-0.2, 0) is 22.4 Å². The van der Waals surface area contributed by atoms with Crippen LogP contribution in [0.3, 0.4) is 0 Å². The van der Waals surface area contributed by atoms with Crippen molar-refractivity contribution >= 4 is 23.2 Å². The molecule has 6 nitrogen and oxygen atoms in total. The van der Waals surface area contributed by atoms with Gasteiger partial charge in [-0.3, -0.25) is 14.5 Å². The van der Waals surface area contributed by atoms with E-state index in [4.69, 9.17) is 4.74 Å². The average molecular weight is 380 g/mol. The number of nitrogens with zero attached hydrogens (tertiary/aromatic N) is 2. The zero-order valence-electron chi connectivity index (χ0n) is 15.8. The van der Waals surface area contributed by atoms with E-state index in [0.29, 0.717) is 25.7 Å². The summed E-state index contributed by atoms with van der Waals surface area (Å²) in [7, 11) is 1.71. The predicted octanol–water partition coefficient (Wildman–Crippen LogP) is 1.54. The molecule has 1 N–H and O–H groups in total. The van der Waals surface area contributed by atoms with Crippen molar-refractivity contribution < 1.29 is 14.3 Å². The van der Waals surface area contributed by atoms with Crippen molar-refractivity contribution in [3.63, 3.8) is 0 Å². The van der Waals surface area contributed by atoms with Crippen molar-refractivity contribution in [1.29, 1.82) is 0 Å². The van der Waals surface area contributed by atoms with Gasteiger partial charge >= 0.3 is 0 Å². The molecule has 2 aliphatic rings. The first-order chi connectivity index (χ1) is 12.6. The first-order valence-corrected chi connectivity index (χ1v) is 10.3. The van der Waals surface area contributed by atoms with E-state index in [1.54, 1.807) is 18.4 Å². The third-order valence-electron chi connectivity index (χ3n) is 5.32. The lowest BCUT2D eigenvalue weighted by molar-refractivity contribution is -0.133. The Morgan fingerprint density at radius 3 is 2.85 bits per heavy atom. The number of thiophene rings is 1. The number of methoxy groups -OCH3 is 1. The Balaban J connectivity index is 1.46. The maximum Gasteiger partial charge on any atom is 0.261 e. The van der Waals surface area contributed by atoms with Crippen molar-refractivity contribution in [2.45, 2.75) is 38.6 Å². The van der Waals surface area contributed by atoms with Crippen molar-refractivity contribution in [3.8, 4) is 0 Å². The molecule has 1 aliphatic heterocycles. The topological polar surface area (TPSA) is 61.9 Å². The molecule has 1 aliphatic carbocycles. The normalized spacial score (nSPS) is 20.7. The lowest BCUT2D eigenvalue weighted by Gasteiger charge is -2.39. The highest BCUT2D eigenvalue weighted by Crippen LogP contribution is 2.29. The van der Waals surface area contributed by atoms with Crippen LogP contribution in [0.5, 0.6) is 0 Å². The Morgan fingerprint density at radius 1 is 1.31 bits per heavy atom. The Bertz CT molecular complexity index is 622. The van der Waals surface area contributed by atoms with Gasteiger partial charge in [0.15, 0.2) is 0 Å². The van der Waals surface area contributed by atoms with Gasteiger partial charge in [0, 0.05) is 44.2 Å². The summed E-state index contributed by atoms with van der Waals surface area (Å²) in [6, 6.07) is 2.32. The molecule has 1 fully saturated rings. The van der Waals surface area contributed by atoms with Gasteiger partial charge < -0.3 is 15.0 Å². The molecule has 0 bridgehead atoms. The van der Waals surface area contributed by atoms with Gasteiger partial charge in [0.1, 0.15) is 0 Å². The fourth-order valence-corrected chi connectivity index (χ4v) is 4.89. The van der Waals surface area contributed by atoms with Gasteiger partial charge in [-0.2, -0.15) is 0 Å². The number of aryl methyl sites for hydroxylation is 2. The van der Waals surface area contributed by atoms with Gasteiger partial charge in [0.05, 0.1) is 18.0 Å². The number of amides is 2. The number of rotatable bonds is 6. The second-order valence-corrected chi connectivity index (χ2v) is 8.30. The fraction of sp³-hybridized carbons (Fsp3) is 0.684. The third kappa shape index (κ3) is 4.64. The van der Waals surface area contributed by atoms with E-state index in [0.717, 1.165) is 30.8 Å². The van der Waals surface area contributed by atoms with Gasteiger partial charge in [0.25, 0.3) is 5.91 Å². The zero-order valence-corrected chi connectivity index (χ0v) is 16.6. The summed E-state index contributed by atoms with van der Waals surface area (Å²) >= 11 is 1.58. The quantitative estimate of drug-likeness (QED) is 0.814. The lowest BCUT2D eigenvalue weighted by Crippen LogP contribution is -2.55. The molecule has 144 valence electrons. The Labute approximate surface area is 159 Å². The summed E-state index contributed by atoms with van der Waals surface area (Å²) in [5, 5.41) is 2.81. The molecule has 26 heavy (non-hydrogen) atoms. The third-order valence-corrected chi connectivity index (χ3v) is 6.56. The van der Waals surface area contributed by atoms with Crippen LogP contribution in [0.2, 0.25) is 0 Å². The molecular formula is C19H29N3O3S. The monoisotopic (exact) mass is 379 g/mol. The van der Waals surface area contributed by atoms with Crippen LogP contribution in [0.1, 0.15) is 39.9 Å². The zero-order chi connectivity index (χ0) is 18.5. The summed E-state index contributed by atoms with van der Waals surface area (Å²) in [6.07, 6.45) is 4.57. The Hall–Kier alpha value is -1.44. The van der Waals surface area contributed by atoms with Crippen LogP contribution in [0.4, 0.5) is 0 Å². The van der Waals surface area contributed by atoms with Gasteiger partial charge in [-0.15, -0.1) is 11.3 Å². The summed E-state index contributed by atoms with van der Waals surface area (Å²) in [5.41, 5.74) is 1.32. The SMILES string of the molecule is COCCN1CCN(C(=O)CNC(=O)c2cc3c(s2)CCCC3)CC1C. The van der Waals surface area contributed by atoms with Crippen LogP contribution in [0, 0.1) is 0 Å². The van der Waals surface area contributed by atoms with Gasteiger partial charge in [0.2, 0.25) is 5.91 Å². The van der Waals surface area contributed by atoms with E-state index >= 15 is 0 Å². The number of hydrogen-bond donors (Lipinski definition) is 1. The molecule has 7 heteroatoms. The predicted molar refractivity (Wildman–Crippen MR) is 103 cm³/mol. The Morgan fingerprint density at radius 2 is 2.12 bits per heavy atom. The van der Waals surface area contributed by atoms with Crippen LogP contribution < -0.4 is 5.32 Å². The average Bonchev–Trinajstić information content (AvgIpc) is 3.09. The molecule has 1 aromatic rings. The molecule has 1 unspecified atom stereocenters. The molecule has 0 spiro atoms. The van der Waals surface area contributed by atoms with Crippen LogP contribution in [0.15, 0.2) is 6.07 Å². The highest BCUT2D eigenvalue weighted by molar-refractivity contribution is 7.14. The number of nitrogens with one attached hydrogen (secondary N) is 1. The first-order valence-electron chi connectivity index (χ1n) is 9.49. The lowest BCUT2D eigenvalue weighted by atomic mass is 9.99. The van der Waals surface area contributed by atoms with Crippen molar-refractivity contribution in [2.24, 2.45) is 0 Å². The van der Waals surface area contributed by atoms with Gasteiger partial charge in [-0.1, -0.05) is 0 Å². The smallest absolute Gasteiger partial charge is 0.261 e. The van der Waals surface area contributed by atoms with Crippen molar-refractivity contribution in [2.75, 3.05) is 46.4 Å². The largest absolute Gasteiger partial charge is 0.383 e. The van der Waals surface area contributed by atoms with E-state index in [1.165, 1.54) is 23.3 Å². The number of carbonyl (C=O) groups excluding carboxylic acids is 2. The molecule has 1 aromatic heterocycles.